The molecule has 4 nitrogen and oxygen atoms in total. The molecule has 0 aliphatic heterocycles. The van der Waals surface area contributed by atoms with Crippen molar-refractivity contribution in [3.05, 3.63) is 53.6 Å². The fourth-order valence-electron chi connectivity index (χ4n) is 1.54. The van der Waals surface area contributed by atoms with Gasteiger partial charge in [-0.15, -0.1) is 0 Å². The van der Waals surface area contributed by atoms with Crippen LogP contribution in [0.5, 0.6) is 0 Å². The van der Waals surface area contributed by atoms with E-state index in [-0.39, 0.29) is 5.69 Å². The minimum atomic E-state index is -0.403. The molecular formula is C13H12FN3O. The molecular weight excluding hydrogens is 233 g/mol. The summed E-state index contributed by atoms with van der Waals surface area (Å²) in [5, 5.41) is 2.58. The van der Waals surface area contributed by atoms with Crippen LogP contribution in [-0.4, -0.2) is 10.9 Å². The number of amides is 1. The van der Waals surface area contributed by atoms with E-state index in [1.54, 1.807) is 19.1 Å². The Bertz CT molecular complexity index is 561. The number of aryl methyl sites for hydroxylation is 1. The first-order valence-corrected chi connectivity index (χ1v) is 5.34. The molecule has 92 valence electrons. The first kappa shape index (κ1) is 12.0. The molecule has 1 heterocycles. The number of hydrogen-bond donors (Lipinski definition) is 2. The van der Waals surface area contributed by atoms with E-state index in [1.807, 2.05) is 0 Å². The van der Waals surface area contributed by atoms with Crippen molar-refractivity contribution in [3.63, 3.8) is 0 Å². The summed E-state index contributed by atoms with van der Waals surface area (Å²) in [6, 6.07) is 7.41. The van der Waals surface area contributed by atoms with Gasteiger partial charge in [-0.25, -0.2) is 9.37 Å². The summed E-state index contributed by atoms with van der Waals surface area (Å²) in [6.07, 6.45) is 1.39. The van der Waals surface area contributed by atoms with Crippen LogP contribution in [0.3, 0.4) is 0 Å². The third-order valence-corrected chi connectivity index (χ3v) is 2.32. The molecule has 18 heavy (non-hydrogen) atoms. The zero-order chi connectivity index (χ0) is 13.1. The van der Waals surface area contributed by atoms with E-state index in [1.165, 1.54) is 24.4 Å². The summed E-state index contributed by atoms with van der Waals surface area (Å²) in [6.45, 7) is 1.75. The summed E-state index contributed by atoms with van der Waals surface area (Å²) >= 11 is 0. The molecule has 0 aliphatic carbocycles. The Labute approximate surface area is 104 Å². The van der Waals surface area contributed by atoms with E-state index < -0.39 is 11.7 Å². The van der Waals surface area contributed by atoms with Crippen LogP contribution in [0.2, 0.25) is 0 Å². The van der Waals surface area contributed by atoms with Gasteiger partial charge in [0.1, 0.15) is 11.5 Å². The van der Waals surface area contributed by atoms with Gasteiger partial charge in [0.15, 0.2) is 0 Å². The predicted octanol–water partition coefficient (Wildman–Crippen LogP) is 2.36. The van der Waals surface area contributed by atoms with Gasteiger partial charge in [-0.1, -0.05) is 0 Å². The highest BCUT2D eigenvalue weighted by atomic mass is 19.1. The van der Waals surface area contributed by atoms with Crippen LogP contribution < -0.4 is 11.1 Å². The minimum Gasteiger partial charge on any atom is -0.397 e. The number of pyridine rings is 1. The SMILES string of the molecule is Cc1cc(F)cc(NC(=O)c2ccc(N)cn2)c1. The Hall–Kier alpha value is -2.43. The van der Waals surface area contributed by atoms with Crippen molar-refractivity contribution < 1.29 is 9.18 Å². The lowest BCUT2D eigenvalue weighted by Gasteiger charge is -2.06. The van der Waals surface area contributed by atoms with Crippen LogP contribution in [0.15, 0.2) is 36.5 Å². The standard InChI is InChI=1S/C13H12FN3O/c1-8-4-9(14)6-11(5-8)17-13(18)12-3-2-10(15)7-16-12/h2-7H,15H2,1H3,(H,17,18). The minimum absolute atomic E-state index is 0.228. The van der Waals surface area contributed by atoms with E-state index in [9.17, 15) is 9.18 Å². The van der Waals surface area contributed by atoms with Crippen molar-refractivity contribution in [2.24, 2.45) is 0 Å². The lowest BCUT2D eigenvalue weighted by Crippen LogP contribution is -2.13. The lowest BCUT2D eigenvalue weighted by molar-refractivity contribution is 0.102. The average molecular weight is 245 g/mol. The normalized spacial score (nSPS) is 10.1. The number of benzene rings is 1. The number of hydrogen-bond acceptors (Lipinski definition) is 3. The average Bonchev–Trinajstić information content (AvgIpc) is 2.28. The van der Waals surface area contributed by atoms with Gasteiger partial charge >= 0.3 is 0 Å². The summed E-state index contributed by atoms with van der Waals surface area (Å²) < 4.78 is 13.2. The van der Waals surface area contributed by atoms with Crippen LogP contribution in [-0.2, 0) is 0 Å². The predicted molar refractivity (Wildman–Crippen MR) is 67.7 cm³/mol. The van der Waals surface area contributed by atoms with Crippen molar-refractivity contribution in [3.8, 4) is 0 Å². The first-order chi connectivity index (χ1) is 8.54. The second-order valence-corrected chi connectivity index (χ2v) is 3.95. The van der Waals surface area contributed by atoms with E-state index in [0.29, 0.717) is 11.4 Å². The fourth-order valence-corrected chi connectivity index (χ4v) is 1.54. The molecule has 0 atom stereocenters. The Morgan fingerprint density at radius 2 is 2.11 bits per heavy atom. The van der Waals surface area contributed by atoms with Gasteiger partial charge in [-0.3, -0.25) is 4.79 Å². The first-order valence-electron chi connectivity index (χ1n) is 5.34. The number of carbonyl (C=O) groups is 1. The zero-order valence-electron chi connectivity index (χ0n) is 9.77. The fraction of sp³-hybridized carbons (Fsp3) is 0.0769. The Morgan fingerprint density at radius 3 is 2.72 bits per heavy atom. The molecule has 0 aliphatic rings. The molecule has 1 amide bonds. The topological polar surface area (TPSA) is 68.0 Å². The molecule has 0 spiro atoms. The number of nitrogen functional groups attached to an aromatic ring is 1. The van der Waals surface area contributed by atoms with Crippen LogP contribution in [0.4, 0.5) is 15.8 Å². The van der Waals surface area contributed by atoms with Crippen LogP contribution in [0.1, 0.15) is 16.1 Å². The quantitative estimate of drug-likeness (QED) is 0.853. The second kappa shape index (κ2) is 4.83. The summed E-state index contributed by atoms with van der Waals surface area (Å²) in [7, 11) is 0. The molecule has 2 aromatic rings. The second-order valence-electron chi connectivity index (χ2n) is 3.95. The van der Waals surface area contributed by atoms with Crippen LogP contribution in [0.25, 0.3) is 0 Å². The van der Waals surface area contributed by atoms with Crippen molar-refractivity contribution >= 4 is 17.3 Å². The lowest BCUT2D eigenvalue weighted by atomic mass is 10.2. The van der Waals surface area contributed by atoms with Gasteiger partial charge in [0, 0.05) is 5.69 Å². The number of rotatable bonds is 2. The number of anilines is 2. The van der Waals surface area contributed by atoms with Crippen molar-refractivity contribution in [2.45, 2.75) is 6.92 Å². The molecule has 1 aromatic heterocycles. The van der Waals surface area contributed by atoms with Gasteiger partial charge in [0.05, 0.1) is 11.9 Å². The molecule has 0 saturated carbocycles. The van der Waals surface area contributed by atoms with E-state index in [0.717, 1.165) is 5.56 Å². The number of carbonyl (C=O) groups excluding carboxylic acids is 1. The highest BCUT2D eigenvalue weighted by Gasteiger charge is 2.08. The van der Waals surface area contributed by atoms with Gasteiger partial charge in [0.2, 0.25) is 0 Å². The monoisotopic (exact) mass is 245 g/mol. The maximum Gasteiger partial charge on any atom is 0.274 e. The third kappa shape index (κ3) is 2.82. The maximum absolute atomic E-state index is 13.2. The van der Waals surface area contributed by atoms with E-state index in [4.69, 9.17) is 5.73 Å². The maximum atomic E-state index is 13.2. The molecule has 0 saturated heterocycles. The van der Waals surface area contributed by atoms with Crippen molar-refractivity contribution in [1.82, 2.24) is 4.98 Å². The van der Waals surface area contributed by atoms with Gasteiger partial charge in [-0.2, -0.15) is 0 Å². The van der Waals surface area contributed by atoms with Crippen molar-refractivity contribution in [2.75, 3.05) is 11.1 Å². The Balaban J connectivity index is 2.18. The van der Waals surface area contributed by atoms with Crippen LogP contribution >= 0.6 is 0 Å². The zero-order valence-corrected chi connectivity index (χ0v) is 9.77. The molecule has 2 rings (SSSR count). The van der Waals surface area contributed by atoms with Gasteiger partial charge < -0.3 is 11.1 Å². The number of nitrogens with one attached hydrogen (secondary N) is 1. The molecule has 0 unspecified atom stereocenters. The molecule has 3 N–H and O–H groups in total. The number of halogens is 1. The summed E-state index contributed by atoms with van der Waals surface area (Å²) in [4.78, 5) is 15.7. The largest absolute Gasteiger partial charge is 0.397 e. The Kier molecular flexibility index (Phi) is 3.23. The molecule has 0 radical (unpaired) electrons. The van der Waals surface area contributed by atoms with Crippen LogP contribution in [0, 0.1) is 12.7 Å². The smallest absolute Gasteiger partial charge is 0.274 e. The third-order valence-electron chi connectivity index (χ3n) is 2.32. The van der Waals surface area contributed by atoms with Crippen molar-refractivity contribution in [1.29, 1.82) is 0 Å². The number of aromatic nitrogens is 1. The van der Waals surface area contributed by atoms with E-state index in [2.05, 4.69) is 10.3 Å². The highest BCUT2D eigenvalue weighted by molar-refractivity contribution is 6.02. The number of nitrogens with zero attached hydrogens (tertiary/aromatic N) is 1. The summed E-state index contributed by atoms with van der Waals surface area (Å²) in [5.74, 6) is -0.796. The molecule has 0 bridgehead atoms. The molecule has 0 fully saturated rings. The molecule has 1 aromatic carbocycles. The van der Waals surface area contributed by atoms with E-state index >= 15 is 0 Å². The summed E-state index contributed by atoms with van der Waals surface area (Å²) in [5.41, 5.74) is 7.31. The number of nitrogens with two attached hydrogens (primary N) is 1. The van der Waals surface area contributed by atoms with Gasteiger partial charge in [-0.05, 0) is 42.8 Å². The molecule has 5 heteroatoms. The van der Waals surface area contributed by atoms with Gasteiger partial charge in [0.25, 0.3) is 5.91 Å². The highest BCUT2D eigenvalue weighted by Crippen LogP contribution is 2.14. The Morgan fingerprint density at radius 1 is 1.33 bits per heavy atom.